The second-order valence-electron chi connectivity index (χ2n) is 10.6. The van der Waals surface area contributed by atoms with Crippen LogP contribution in [-0.2, 0) is 4.79 Å². The van der Waals surface area contributed by atoms with Gasteiger partial charge in [0.25, 0.3) is 0 Å². The van der Waals surface area contributed by atoms with Crippen molar-refractivity contribution < 1.29 is 4.79 Å². The molecule has 2 saturated carbocycles. The molecule has 0 amide bonds. The number of carbonyl (C=O) groups is 1. The SMILES string of the molecule is C/C=C\CC1(C)C(C)CCC2C(C)C(C)(CC(C)CCC(=O)S)CCCC21. The lowest BCUT2D eigenvalue weighted by atomic mass is 9.52. The summed E-state index contributed by atoms with van der Waals surface area (Å²) in [5.74, 6) is 3.94. The van der Waals surface area contributed by atoms with Crippen LogP contribution in [0.5, 0.6) is 0 Å². The summed E-state index contributed by atoms with van der Waals surface area (Å²) in [4.78, 5) is 11.3. The van der Waals surface area contributed by atoms with Crippen molar-refractivity contribution in [3.63, 3.8) is 0 Å². The van der Waals surface area contributed by atoms with E-state index in [1.165, 1.54) is 44.9 Å². The van der Waals surface area contributed by atoms with Gasteiger partial charge in [0.05, 0.1) is 0 Å². The molecule has 0 aliphatic heterocycles. The molecule has 0 aromatic rings. The lowest BCUT2D eigenvalue weighted by Crippen LogP contribution is -2.46. The Labute approximate surface area is 174 Å². The van der Waals surface area contributed by atoms with E-state index in [1.807, 2.05) is 0 Å². The zero-order valence-electron chi connectivity index (χ0n) is 18.8. The molecule has 0 N–H and O–H groups in total. The van der Waals surface area contributed by atoms with E-state index in [0.29, 0.717) is 23.2 Å². The maximum atomic E-state index is 11.3. The van der Waals surface area contributed by atoms with Gasteiger partial charge in [-0.05, 0) is 92.3 Å². The van der Waals surface area contributed by atoms with Crippen LogP contribution >= 0.6 is 12.6 Å². The third kappa shape index (κ3) is 5.22. The van der Waals surface area contributed by atoms with Crippen molar-refractivity contribution in [1.29, 1.82) is 0 Å². The fourth-order valence-corrected chi connectivity index (χ4v) is 6.85. The first-order valence-electron chi connectivity index (χ1n) is 11.5. The molecule has 2 heteroatoms. The molecule has 156 valence electrons. The zero-order valence-corrected chi connectivity index (χ0v) is 19.7. The van der Waals surface area contributed by atoms with E-state index < -0.39 is 0 Å². The average molecular weight is 393 g/mol. The average Bonchev–Trinajstić information content (AvgIpc) is 2.73. The van der Waals surface area contributed by atoms with Crippen molar-refractivity contribution in [2.24, 2.45) is 40.4 Å². The van der Waals surface area contributed by atoms with Crippen LogP contribution in [0.1, 0.15) is 99.3 Å². The van der Waals surface area contributed by atoms with Crippen molar-refractivity contribution in [3.8, 4) is 0 Å². The molecule has 0 aromatic heterocycles. The molecule has 2 aliphatic rings. The third-order valence-corrected chi connectivity index (χ3v) is 9.11. The van der Waals surface area contributed by atoms with Crippen molar-refractivity contribution >= 4 is 17.7 Å². The van der Waals surface area contributed by atoms with Gasteiger partial charge in [-0.2, -0.15) is 0 Å². The van der Waals surface area contributed by atoms with E-state index in [4.69, 9.17) is 0 Å². The topological polar surface area (TPSA) is 17.1 Å². The molecular formula is C25H44OS. The predicted octanol–water partition coefficient (Wildman–Crippen LogP) is 7.71. The van der Waals surface area contributed by atoms with Gasteiger partial charge in [0.15, 0.2) is 5.12 Å². The molecule has 2 rings (SSSR count). The van der Waals surface area contributed by atoms with E-state index >= 15 is 0 Å². The summed E-state index contributed by atoms with van der Waals surface area (Å²) >= 11 is 3.97. The first-order valence-corrected chi connectivity index (χ1v) is 11.9. The van der Waals surface area contributed by atoms with E-state index in [0.717, 1.165) is 30.1 Å². The van der Waals surface area contributed by atoms with E-state index in [-0.39, 0.29) is 5.12 Å². The number of rotatable bonds is 7. The summed E-state index contributed by atoms with van der Waals surface area (Å²) in [6.45, 7) is 14.7. The highest BCUT2D eigenvalue weighted by Crippen LogP contribution is 2.60. The Hall–Kier alpha value is -0.240. The number of hydrogen-bond acceptors (Lipinski definition) is 1. The van der Waals surface area contributed by atoms with Crippen LogP contribution < -0.4 is 0 Å². The molecule has 0 saturated heterocycles. The molecule has 0 heterocycles. The van der Waals surface area contributed by atoms with Crippen molar-refractivity contribution in [2.45, 2.75) is 99.3 Å². The van der Waals surface area contributed by atoms with Crippen LogP contribution in [0.25, 0.3) is 0 Å². The Kier molecular flexibility index (Phi) is 8.11. The summed E-state index contributed by atoms with van der Waals surface area (Å²) in [5, 5.41) is 0.0435. The molecule has 2 fully saturated rings. The van der Waals surface area contributed by atoms with E-state index in [1.54, 1.807) is 0 Å². The number of thiol groups is 1. The van der Waals surface area contributed by atoms with Crippen LogP contribution in [0.4, 0.5) is 0 Å². The molecule has 0 bridgehead atoms. The molecule has 0 aromatic carbocycles. The number of fused-ring (bicyclic) bond motifs is 1. The fraction of sp³-hybridized carbons (Fsp3) is 0.880. The standard InChI is InChI=1S/C25H44OS/c1-7-8-16-25(6)19(3)12-13-21-20(4)24(5,15-9-10-22(21)25)17-18(2)11-14-23(26)27/h7-8,18-22H,9-17H2,1-6H3,(H,26,27)/b8-7-. The Balaban J connectivity index is 2.18. The lowest BCUT2D eigenvalue weighted by Gasteiger charge is -2.53. The third-order valence-electron chi connectivity index (χ3n) is 8.89. The van der Waals surface area contributed by atoms with Crippen LogP contribution in [0.2, 0.25) is 0 Å². The largest absolute Gasteiger partial charge is 0.288 e. The van der Waals surface area contributed by atoms with Crippen LogP contribution in [-0.4, -0.2) is 5.12 Å². The quantitative estimate of drug-likeness (QED) is 0.347. The summed E-state index contributed by atoms with van der Waals surface area (Å²) in [5.41, 5.74) is 0.875. The minimum absolute atomic E-state index is 0.0435. The van der Waals surface area contributed by atoms with Gasteiger partial charge < -0.3 is 0 Å². The van der Waals surface area contributed by atoms with Gasteiger partial charge in [0.2, 0.25) is 0 Å². The van der Waals surface area contributed by atoms with Crippen molar-refractivity contribution in [3.05, 3.63) is 12.2 Å². The number of allylic oxidation sites excluding steroid dienone is 2. The Morgan fingerprint density at radius 3 is 2.56 bits per heavy atom. The Morgan fingerprint density at radius 2 is 1.93 bits per heavy atom. The highest BCUT2D eigenvalue weighted by molar-refractivity contribution is 7.96. The molecular weight excluding hydrogens is 348 g/mol. The second-order valence-corrected chi connectivity index (χ2v) is 11.1. The minimum Gasteiger partial charge on any atom is -0.288 e. The van der Waals surface area contributed by atoms with Crippen molar-refractivity contribution in [2.75, 3.05) is 0 Å². The summed E-state index contributed by atoms with van der Waals surface area (Å²) in [6.07, 6.45) is 15.7. The monoisotopic (exact) mass is 392 g/mol. The van der Waals surface area contributed by atoms with Gasteiger partial charge in [-0.25, -0.2) is 0 Å². The molecule has 2 aliphatic carbocycles. The van der Waals surface area contributed by atoms with Gasteiger partial charge in [-0.3, -0.25) is 4.79 Å². The lowest BCUT2D eigenvalue weighted by molar-refractivity contribution is -0.111. The zero-order chi connectivity index (χ0) is 20.2. The second kappa shape index (κ2) is 9.51. The first kappa shape index (κ1) is 23.0. The van der Waals surface area contributed by atoms with E-state index in [9.17, 15) is 4.79 Å². The first-order chi connectivity index (χ1) is 12.6. The maximum Gasteiger partial charge on any atom is 0.185 e. The predicted molar refractivity (Wildman–Crippen MR) is 121 cm³/mol. The van der Waals surface area contributed by atoms with Gasteiger partial charge in [-0.15, -0.1) is 12.6 Å². The van der Waals surface area contributed by atoms with Crippen LogP contribution in [0, 0.1) is 40.4 Å². The van der Waals surface area contributed by atoms with Crippen LogP contribution in [0.3, 0.4) is 0 Å². The summed E-state index contributed by atoms with van der Waals surface area (Å²) in [6, 6.07) is 0. The Morgan fingerprint density at radius 1 is 1.22 bits per heavy atom. The fourth-order valence-electron chi connectivity index (χ4n) is 6.72. The summed E-state index contributed by atoms with van der Waals surface area (Å²) in [7, 11) is 0. The highest BCUT2D eigenvalue weighted by atomic mass is 32.1. The van der Waals surface area contributed by atoms with Gasteiger partial charge >= 0.3 is 0 Å². The van der Waals surface area contributed by atoms with E-state index in [2.05, 4.69) is 66.3 Å². The molecule has 1 nitrogen and oxygen atoms in total. The molecule has 0 radical (unpaired) electrons. The van der Waals surface area contributed by atoms with Gasteiger partial charge in [0.1, 0.15) is 0 Å². The van der Waals surface area contributed by atoms with Gasteiger partial charge in [0, 0.05) is 6.42 Å². The van der Waals surface area contributed by atoms with Gasteiger partial charge in [-0.1, -0.05) is 53.2 Å². The molecule has 7 unspecified atom stereocenters. The molecule has 27 heavy (non-hydrogen) atoms. The maximum absolute atomic E-state index is 11.3. The summed E-state index contributed by atoms with van der Waals surface area (Å²) < 4.78 is 0. The smallest absolute Gasteiger partial charge is 0.185 e. The highest BCUT2D eigenvalue weighted by Gasteiger charge is 2.51. The minimum atomic E-state index is 0.0435. The normalized spacial score (nSPS) is 41.1. The Bertz CT molecular complexity index is 526. The number of carbonyl (C=O) groups excluding carboxylic acids is 1. The van der Waals surface area contributed by atoms with Crippen molar-refractivity contribution in [1.82, 2.24) is 0 Å². The molecule has 0 spiro atoms. The van der Waals surface area contributed by atoms with Crippen LogP contribution in [0.15, 0.2) is 12.2 Å². The molecule has 7 atom stereocenters. The number of hydrogen-bond donors (Lipinski definition) is 1.